The van der Waals surface area contributed by atoms with Gasteiger partial charge >= 0.3 is 13.9 Å². The van der Waals surface area contributed by atoms with E-state index >= 15 is 0 Å². The Morgan fingerprint density at radius 3 is 1.86 bits per heavy atom. The fourth-order valence-corrected chi connectivity index (χ4v) is 7.76. The van der Waals surface area contributed by atoms with Crippen molar-refractivity contribution in [3.05, 3.63) is 154 Å². The van der Waals surface area contributed by atoms with Crippen LogP contribution in [-0.4, -0.2) is 95.4 Å². The van der Waals surface area contributed by atoms with Crippen LogP contribution in [0.1, 0.15) is 73.8 Å². The van der Waals surface area contributed by atoms with Gasteiger partial charge in [0.05, 0.1) is 20.8 Å². The highest BCUT2D eigenvalue weighted by atomic mass is 31.1. The number of rotatable bonds is 20. The summed E-state index contributed by atoms with van der Waals surface area (Å²) >= 11 is 0. The van der Waals surface area contributed by atoms with E-state index in [1.807, 2.05) is 61.5 Å². The number of aromatic nitrogens is 2. The first-order valence-electron chi connectivity index (χ1n) is 21.0. The molecule has 0 spiro atoms. The monoisotopic (exact) mass is 885 g/mol. The number of aliphatic hydroxyl groups is 1. The van der Waals surface area contributed by atoms with Crippen LogP contribution in [0.15, 0.2) is 126 Å². The highest BCUT2D eigenvalue weighted by Gasteiger charge is 2.64. The molecule has 0 saturated carbocycles. The van der Waals surface area contributed by atoms with Gasteiger partial charge in [-0.1, -0.05) is 111 Å². The molecule has 1 aliphatic heterocycles. The van der Waals surface area contributed by atoms with Crippen LogP contribution < -0.4 is 20.5 Å². The van der Waals surface area contributed by atoms with Crippen LogP contribution in [0, 0.1) is 0 Å². The van der Waals surface area contributed by atoms with Crippen LogP contribution >= 0.6 is 8.25 Å². The third kappa shape index (κ3) is 11.8. The summed E-state index contributed by atoms with van der Waals surface area (Å²) in [7, 11) is -0.313. The lowest BCUT2D eigenvalue weighted by Gasteiger charge is -2.37. The van der Waals surface area contributed by atoms with Crippen molar-refractivity contribution in [3.63, 3.8) is 0 Å². The smallest absolute Gasteiger partial charge is 0.497 e. The van der Waals surface area contributed by atoms with Crippen molar-refractivity contribution in [1.29, 1.82) is 0 Å². The number of carbonyl (C=O) groups excluding carboxylic acids is 1. The Labute approximate surface area is 369 Å². The first-order valence-corrected chi connectivity index (χ1v) is 22.1. The zero-order valence-corrected chi connectivity index (χ0v) is 37.5. The zero-order chi connectivity index (χ0) is 45.4. The minimum absolute atomic E-state index is 0.0296. The van der Waals surface area contributed by atoms with Crippen LogP contribution in [0.4, 0.5) is 5.82 Å². The molecule has 5 aromatic rings. The van der Waals surface area contributed by atoms with Gasteiger partial charge in [0.25, 0.3) is 11.7 Å². The molecule has 15 nitrogen and oxygen atoms in total. The van der Waals surface area contributed by atoms with E-state index in [0.29, 0.717) is 40.2 Å². The highest BCUT2D eigenvalue weighted by molar-refractivity contribution is 7.32. The van der Waals surface area contributed by atoms with Crippen LogP contribution in [0.3, 0.4) is 0 Å². The number of methoxy groups -OCH3 is 2. The minimum atomic E-state index is -3.44. The lowest BCUT2D eigenvalue weighted by Crippen LogP contribution is -2.52. The molecule has 1 saturated heterocycles. The summed E-state index contributed by atoms with van der Waals surface area (Å²) in [5.41, 5.74) is 0.168. The molecular weight excluding hydrogens is 828 g/mol. The Morgan fingerprint density at radius 2 is 1.38 bits per heavy atom. The maximum Gasteiger partial charge on any atom is 0.697 e. The fourth-order valence-electron chi connectivity index (χ4n) is 7.29. The van der Waals surface area contributed by atoms with E-state index < -0.39 is 56.3 Å². The molecule has 4 aromatic carbocycles. The molecule has 1 amide bonds. The standard InChI is InChI=1S/C41H42N3O11P.C6H15N/c1-4-5-26-52-36-38(44-25-24-35(43-39(44)46)42-37(45)28-12-8-6-9-13-28)54-34(41(36,47)55-56(48)49)27-53-40(29-14-10-7-11-15-29,30-16-20-32(50-2)21-17-30)31-18-22-33(51-3)23-19-31;1-4-7(5-2)6-3/h6-25,34,36,38,47H,4-5,26-27H2,1-3H3,(H-,42,43,45,46,48,49);4-6H2,1-3H3/p+1/t34-,36+,38-,41-;/m1./s1. The van der Waals surface area contributed by atoms with Crippen LogP contribution in [0.2, 0.25) is 0 Å². The summed E-state index contributed by atoms with van der Waals surface area (Å²) in [6.45, 7) is 11.7. The van der Waals surface area contributed by atoms with Gasteiger partial charge in [-0.2, -0.15) is 4.98 Å². The fraction of sp³-hybridized carbons (Fsp3) is 0.383. The van der Waals surface area contributed by atoms with Crippen molar-refractivity contribution in [3.8, 4) is 11.5 Å². The number of ether oxygens (including phenoxy) is 5. The molecule has 3 N–H and O–H groups in total. The number of hydrogen-bond donors (Lipinski definition) is 3. The number of nitrogens with one attached hydrogen (secondary N) is 1. The molecule has 0 aliphatic carbocycles. The molecular formula is C47H58N4O11P+. The molecule has 1 fully saturated rings. The molecule has 2 heterocycles. The number of hydrogen-bond acceptors (Lipinski definition) is 12. The van der Waals surface area contributed by atoms with Crippen LogP contribution in [0.25, 0.3) is 0 Å². The highest BCUT2D eigenvalue weighted by Crippen LogP contribution is 2.47. The summed E-state index contributed by atoms with van der Waals surface area (Å²) in [5.74, 6) is -1.91. The van der Waals surface area contributed by atoms with Gasteiger partial charge in [-0.15, -0.1) is 4.89 Å². The number of carbonyl (C=O) groups is 1. The summed E-state index contributed by atoms with van der Waals surface area (Å²) in [5, 5.41) is 14.9. The van der Waals surface area contributed by atoms with Gasteiger partial charge < -0.3 is 39.0 Å². The van der Waals surface area contributed by atoms with Crippen molar-refractivity contribution in [2.45, 2.75) is 70.4 Å². The average Bonchev–Trinajstić information content (AvgIpc) is 3.57. The summed E-state index contributed by atoms with van der Waals surface area (Å²) in [4.78, 5) is 42.9. The Hall–Kier alpha value is -5.35. The number of anilines is 1. The predicted molar refractivity (Wildman–Crippen MR) is 239 cm³/mol. The second kappa shape index (κ2) is 23.4. The average molecular weight is 886 g/mol. The van der Waals surface area contributed by atoms with Gasteiger partial charge in [0.1, 0.15) is 29.0 Å². The molecule has 1 unspecified atom stereocenters. The van der Waals surface area contributed by atoms with Gasteiger partial charge in [-0.25, -0.2) is 4.79 Å². The molecule has 336 valence electrons. The predicted octanol–water partition coefficient (Wildman–Crippen LogP) is 7.31. The number of nitrogens with zero attached hydrogens (tertiary/aromatic N) is 3. The maximum absolute atomic E-state index is 13.6. The summed E-state index contributed by atoms with van der Waals surface area (Å²) < 4.78 is 49.2. The topological polar surface area (TPSA) is 180 Å². The number of benzene rings is 4. The van der Waals surface area contributed by atoms with E-state index in [4.69, 9.17) is 28.2 Å². The molecule has 6 rings (SSSR count). The van der Waals surface area contributed by atoms with E-state index in [0.717, 1.165) is 11.0 Å². The SMILES string of the molecule is CCCCO[C@H]1[C@H](n2ccc(NC(=O)c3ccccc3)nc2=O)O[C@H](COC(c2ccccc2)(c2ccc(OC)cc2)c2ccc(OC)cc2)[C@@]1(O)O[P+](=O)O.CCN(CC)CC. The maximum atomic E-state index is 13.6. The van der Waals surface area contributed by atoms with Crippen LogP contribution in [-0.2, 0) is 28.9 Å². The first kappa shape index (κ1) is 48.7. The zero-order valence-electron chi connectivity index (χ0n) is 36.6. The molecule has 0 radical (unpaired) electrons. The van der Waals surface area contributed by atoms with Crippen molar-refractivity contribution < 1.29 is 47.6 Å². The summed E-state index contributed by atoms with van der Waals surface area (Å²) in [6.07, 6.45) is -1.87. The van der Waals surface area contributed by atoms with Gasteiger partial charge in [0.15, 0.2) is 12.3 Å². The lowest BCUT2D eigenvalue weighted by molar-refractivity contribution is -0.234. The lowest BCUT2D eigenvalue weighted by atomic mass is 9.80. The molecule has 63 heavy (non-hydrogen) atoms. The quantitative estimate of drug-likeness (QED) is 0.0307. The number of amides is 1. The second-order valence-corrected chi connectivity index (χ2v) is 15.2. The van der Waals surface area contributed by atoms with Crippen molar-refractivity contribution in [1.82, 2.24) is 14.5 Å². The van der Waals surface area contributed by atoms with Crippen LogP contribution in [0.5, 0.6) is 11.5 Å². The normalized spacial score (nSPS) is 18.6. The Kier molecular flexibility index (Phi) is 18.1. The van der Waals surface area contributed by atoms with E-state index in [2.05, 4.69) is 36.0 Å². The molecule has 0 bridgehead atoms. The van der Waals surface area contributed by atoms with Gasteiger partial charge in [0, 0.05) is 22.9 Å². The molecule has 16 heteroatoms. The number of unbranched alkanes of at least 4 members (excludes halogenated alkanes) is 1. The largest absolute Gasteiger partial charge is 0.697 e. The van der Waals surface area contributed by atoms with Gasteiger partial charge in [-0.3, -0.25) is 9.36 Å². The summed E-state index contributed by atoms with van der Waals surface area (Å²) in [6, 6.07) is 33.7. The third-order valence-electron chi connectivity index (χ3n) is 10.8. The van der Waals surface area contributed by atoms with E-state index in [1.165, 1.54) is 31.9 Å². The van der Waals surface area contributed by atoms with Crippen molar-refractivity contribution in [2.75, 3.05) is 52.4 Å². The molecule has 1 aromatic heterocycles. The van der Waals surface area contributed by atoms with E-state index in [-0.39, 0.29) is 12.4 Å². The van der Waals surface area contributed by atoms with Crippen molar-refractivity contribution >= 4 is 20.0 Å². The van der Waals surface area contributed by atoms with Gasteiger partial charge in [0.2, 0.25) is 0 Å². The minimum Gasteiger partial charge on any atom is -0.497 e. The third-order valence-corrected chi connectivity index (χ3v) is 11.2. The molecule has 5 atom stereocenters. The van der Waals surface area contributed by atoms with E-state index in [1.54, 1.807) is 68.8 Å². The van der Waals surface area contributed by atoms with E-state index in [9.17, 15) is 24.2 Å². The Bertz CT molecular complexity index is 2190. The second-order valence-electron chi connectivity index (χ2n) is 14.5. The van der Waals surface area contributed by atoms with Gasteiger partial charge in [-0.05, 0) is 85.2 Å². The Morgan fingerprint density at radius 1 is 0.841 bits per heavy atom. The molecule has 1 aliphatic rings. The Balaban J connectivity index is 0.000000985. The first-order chi connectivity index (χ1) is 30.5. The van der Waals surface area contributed by atoms with Crippen molar-refractivity contribution in [2.24, 2.45) is 0 Å².